The third-order valence-electron chi connectivity index (χ3n) is 5.23. The maximum absolute atomic E-state index is 12.8. The van der Waals surface area contributed by atoms with Gasteiger partial charge in [-0.05, 0) is 59.6 Å². The Morgan fingerprint density at radius 2 is 1.68 bits per heavy atom. The van der Waals surface area contributed by atoms with Crippen molar-refractivity contribution in [2.45, 2.75) is 70.1 Å². The predicted octanol–water partition coefficient (Wildman–Crippen LogP) is 3.40. The molecule has 0 N–H and O–H groups in total. The van der Waals surface area contributed by atoms with Gasteiger partial charge in [-0.15, -0.1) is 0 Å². The third-order valence-corrected chi connectivity index (χ3v) is 6.61. The molecule has 1 fully saturated rings. The van der Waals surface area contributed by atoms with E-state index in [-0.39, 0.29) is 35.5 Å². The molecule has 1 aromatic heterocycles. The Morgan fingerprint density at radius 1 is 1.06 bits per heavy atom. The number of esters is 2. The van der Waals surface area contributed by atoms with Crippen molar-refractivity contribution in [3.05, 3.63) is 63.6 Å². The van der Waals surface area contributed by atoms with Crippen molar-refractivity contribution in [2.24, 2.45) is 0 Å². The third kappa shape index (κ3) is 5.92. The largest absolute Gasteiger partial charge is 0.462 e. The molecule has 1 saturated carbocycles. The molecule has 2 aromatic rings. The number of aryl methyl sites for hydroxylation is 1. The van der Waals surface area contributed by atoms with Crippen molar-refractivity contribution in [2.75, 3.05) is 6.61 Å². The molecule has 10 heteroatoms. The van der Waals surface area contributed by atoms with Crippen molar-refractivity contribution < 1.29 is 31.7 Å². The van der Waals surface area contributed by atoms with Crippen LogP contribution in [0, 0.1) is 6.92 Å². The van der Waals surface area contributed by atoms with Crippen LogP contribution in [-0.2, 0) is 23.8 Å². The van der Waals surface area contributed by atoms with E-state index in [0.29, 0.717) is 0 Å². The number of carbonyl (C=O) groups is 2. The lowest BCUT2D eigenvalue weighted by Gasteiger charge is -2.35. The van der Waals surface area contributed by atoms with E-state index < -0.39 is 45.4 Å². The summed E-state index contributed by atoms with van der Waals surface area (Å²) >= 11 is 0. The highest BCUT2D eigenvalue weighted by Gasteiger charge is 2.37. The fourth-order valence-electron chi connectivity index (χ4n) is 3.49. The number of pyridine rings is 1. The maximum Gasteiger partial charge on any atom is 0.341 e. The molecule has 184 valence electrons. The van der Waals surface area contributed by atoms with E-state index in [1.54, 1.807) is 39.8 Å². The summed E-state index contributed by atoms with van der Waals surface area (Å²) in [6, 6.07) is 6.97. The van der Waals surface area contributed by atoms with Crippen LogP contribution in [0.5, 0.6) is 0 Å². The van der Waals surface area contributed by atoms with Crippen LogP contribution in [-0.4, -0.2) is 43.2 Å². The highest BCUT2D eigenvalue weighted by molar-refractivity contribution is 7.86. The van der Waals surface area contributed by atoms with E-state index >= 15 is 0 Å². The van der Waals surface area contributed by atoms with Gasteiger partial charge in [0, 0.05) is 18.3 Å². The SMILES string of the molecule is CCOC(=O)c1cc(=O)n(C2CC(OS(=O)(=O)c3ccc(C)cc3)C2)cc1C(=O)OC(C)(C)C. The average molecular weight is 492 g/mol. The molecular formula is C24H29NO8S. The normalized spacial score (nSPS) is 18.1. The van der Waals surface area contributed by atoms with Crippen molar-refractivity contribution in [3.8, 4) is 0 Å². The highest BCUT2D eigenvalue weighted by atomic mass is 32.2. The van der Waals surface area contributed by atoms with E-state index in [4.69, 9.17) is 13.7 Å². The van der Waals surface area contributed by atoms with Gasteiger partial charge in [-0.2, -0.15) is 8.42 Å². The fraction of sp³-hybridized carbons (Fsp3) is 0.458. The Morgan fingerprint density at radius 3 is 2.24 bits per heavy atom. The van der Waals surface area contributed by atoms with E-state index in [1.807, 2.05) is 6.92 Å². The van der Waals surface area contributed by atoms with Crippen LogP contribution in [0.25, 0.3) is 0 Å². The van der Waals surface area contributed by atoms with E-state index in [1.165, 1.54) is 22.9 Å². The quantitative estimate of drug-likeness (QED) is 0.427. The predicted molar refractivity (Wildman–Crippen MR) is 123 cm³/mol. The second kappa shape index (κ2) is 9.71. The van der Waals surface area contributed by atoms with Gasteiger partial charge in [-0.1, -0.05) is 17.7 Å². The average Bonchev–Trinajstić information content (AvgIpc) is 2.69. The molecule has 0 spiro atoms. The number of hydrogen-bond donors (Lipinski definition) is 0. The molecule has 0 aliphatic heterocycles. The zero-order chi connectivity index (χ0) is 25.3. The first-order valence-corrected chi connectivity index (χ1v) is 12.4. The zero-order valence-corrected chi connectivity index (χ0v) is 20.7. The standard InChI is InChI=1S/C24H29NO8S/c1-6-31-22(27)19-13-21(26)25(14-20(19)23(28)32-24(3,4)5)16-11-17(12-16)33-34(29,30)18-9-7-15(2)8-10-18/h7-10,13-14,16-17H,6,11-12H2,1-5H3. The summed E-state index contributed by atoms with van der Waals surface area (Å²) in [6.07, 6.45) is 1.16. The number of nitrogens with zero attached hydrogens (tertiary/aromatic N) is 1. The van der Waals surface area contributed by atoms with Gasteiger partial charge < -0.3 is 14.0 Å². The van der Waals surface area contributed by atoms with Crippen LogP contribution in [0.4, 0.5) is 0 Å². The summed E-state index contributed by atoms with van der Waals surface area (Å²) in [6.45, 7) is 8.61. The van der Waals surface area contributed by atoms with E-state index in [0.717, 1.165) is 11.6 Å². The monoisotopic (exact) mass is 491 g/mol. The summed E-state index contributed by atoms with van der Waals surface area (Å²) in [5.74, 6) is -1.56. The zero-order valence-electron chi connectivity index (χ0n) is 19.9. The van der Waals surface area contributed by atoms with Gasteiger partial charge in [0.1, 0.15) is 5.60 Å². The molecule has 3 rings (SSSR count). The lowest BCUT2D eigenvalue weighted by atomic mass is 9.89. The molecule has 0 radical (unpaired) electrons. The second-order valence-corrected chi connectivity index (χ2v) is 10.8. The van der Waals surface area contributed by atoms with Gasteiger partial charge in [-0.3, -0.25) is 8.98 Å². The summed E-state index contributed by atoms with van der Waals surface area (Å²) in [5.41, 5.74) is -0.672. The van der Waals surface area contributed by atoms with Gasteiger partial charge in [0.15, 0.2) is 0 Å². The first-order valence-electron chi connectivity index (χ1n) is 11.0. The molecule has 1 heterocycles. The molecule has 0 atom stereocenters. The van der Waals surface area contributed by atoms with Crippen molar-refractivity contribution in [1.29, 1.82) is 0 Å². The Hall–Kier alpha value is -2.98. The molecular weight excluding hydrogens is 462 g/mol. The van der Waals surface area contributed by atoms with E-state index in [2.05, 4.69) is 0 Å². The fourth-order valence-corrected chi connectivity index (χ4v) is 4.59. The molecule has 34 heavy (non-hydrogen) atoms. The Balaban J connectivity index is 1.82. The summed E-state index contributed by atoms with van der Waals surface area (Å²) in [7, 11) is -3.94. The van der Waals surface area contributed by atoms with Gasteiger partial charge in [0.05, 0.1) is 28.7 Å². The Bertz CT molecular complexity index is 1230. The molecule has 0 amide bonds. The van der Waals surface area contributed by atoms with Crippen LogP contribution in [0.15, 0.2) is 46.2 Å². The number of carbonyl (C=O) groups excluding carboxylic acids is 2. The molecule has 0 saturated heterocycles. The Kier molecular flexibility index (Phi) is 7.32. The molecule has 0 bridgehead atoms. The van der Waals surface area contributed by atoms with Crippen molar-refractivity contribution in [1.82, 2.24) is 4.57 Å². The number of hydrogen-bond acceptors (Lipinski definition) is 8. The second-order valence-electron chi connectivity index (χ2n) is 9.18. The van der Waals surface area contributed by atoms with Crippen LogP contribution < -0.4 is 5.56 Å². The van der Waals surface area contributed by atoms with Gasteiger partial charge in [-0.25, -0.2) is 9.59 Å². The van der Waals surface area contributed by atoms with Gasteiger partial charge in [0.25, 0.3) is 15.7 Å². The summed E-state index contributed by atoms with van der Waals surface area (Å²) < 4.78 is 42.0. The molecule has 1 aliphatic rings. The first kappa shape index (κ1) is 25.6. The number of aromatic nitrogens is 1. The summed E-state index contributed by atoms with van der Waals surface area (Å²) in [4.78, 5) is 37.9. The maximum atomic E-state index is 12.8. The van der Waals surface area contributed by atoms with E-state index in [9.17, 15) is 22.8 Å². The van der Waals surface area contributed by atoms with Crippen LogP contribution >= 0.6 is 0 Å². The lowest BCUT2D eigenvalue weighted by Crippen LogP contribution is -2.40. The van der Waals surface area contributed by atoms with Crippen LogP contribution in [0.1, 0.15) is 72.9 Å². The first-order chi connectivity index (χ1) is 15.8. The number of benzene rings is 1. The molecule has 1 aliphatic carbocycles. The van der Waals surface area contributed by atoms with Crippen LogP contribution in [0.2, 0.25) is 0 Å². The molecule has 0 unspecified atom stereocenters. The highest BCUT2D eigenvalue weighted by Crippen LogP contribution is 2.36. The topological polar surface area (TPSA) is 118 Å². The summed E-state index contributed by atoms with van der Waals surface area (Å²) in [5, 5.41) is 0. The minimum Gasteiger partial charge on any atom is -0.462 e. The van der Waals surface area contributed by atoms with Gasteiger partial charge >= 0.3 is 11.9 Å². The molecule has 9 nitrogen and oxygen atoms in total. The lowest BCUT2D eigenvalue weighted by molar-refractivity contribution is 0.00622. The number of rotatable bonds is 7. The van der Waals surface area contributed by atoms with Gasteiger partial charge in [0.2, 0.25) is 0 Å². The number of ether oxygens (including phenoxy) is 2. The van der Waals surface area contributed by atoms with Crippen molar-refractivity contribution >= 4 is 22.1 Å². The van der Waals surface area contributed by atoms with Crippen molar-refractivity contribution in [3.63, 3.8) is 0 Å². The smallest absolute Gasteiger partial charge is 0.341 e. The minimum absolute atomic E-state index is 0.0599. The van der Waals surface area contributed by atoms with Crippen LogP contribution in [0.3, 0.4) is 0 Å². The molecule has 1 aromatic carbocycles. The minimum atomic E-state index is -3.94. The Labute approximate surface area is 198 Å².